The lowest BCUT2D eigenvalue weighted by Crippen LogP contribution is -2.51. The van der Waals surface area contributed by atoms with Crippen molar-refractivity contribution in [1.82, 2.24) is 5.32 Å². The Kier molecular flexibility index (Phi) is 6.33. The zero-order valence-electron chi connectivity index (χ0n) is 13.1. The van der Waals surface area contributed by atoms with Crippen LogP contribution in [-0.4, -0.2) is 23.5 Å². The standard InChI is InChI=1S/C14H29N3O2/c1-7-14(8-2,11(15)17-19)12(18)16-9-13(5,6)10(3)4/h10,19H,7-9H2,1-6H3,(H2,15,17)(H,16,18). The Morgan fingerprint density at radius 1 is 1.32 bits per heavy atom. The number of hydrogen-bond donors (Lipinski definition) is 3. The molecule has 1 amide bonds. The fraction of sp³-hybridized carbons (Fsp3) is 0.857. The van der Waals surface area contributed by atoms with Crippen LogP contribution in [0.15, 0.2) is 5.16 Å². The molecule has 0 atom stereocenters. The lowest BCUT2D eigenvalue weighted by atomic mass is 9.78. The quantitative estimate of drug-likeness (QED) is 0.287. The minimum Gasteiger partial charge on any atom is -0.409 e. The highest BCUT2D eigenvalue weighted by atomic mass is 16.4. The van der Waals surface area contributed by atoms with Gasteiger partial charge in [0.1, 0.15) is 5.41 Å². The van der Waals surface area contributed by atoms with Gasteiger partial charge in [-0.25, -0.2) is 0 Å². The van der Waals surface area contributed by atoms with Gasteiger partial charge < -0.3 is 16.3 Å². The first-order valence-electron chi connectivity index (χ1n) is 6.94. The minimum absolute atomic E-state index is 0.00794. The van der Waals surface area contributed by atoms with Gasteiger partial charge in [-0.05, 0) is 24.2 Å². The number of nitrogens with two attached hydrogens (primary N) is 1. The fourth-order valence-corrected chi connectivity index (χ4v) is 1.83. The Labute approximate surface area is 116 Å². The second-order valence-electron chi connectivity index (χ2n) is 6.10. The van der Waals surface area contributed by atoms with Gasteiger partial charge in [0, 0.05) is 6.54 Å². The van der Waals surface area contributed by atoms with Gasteiger partial charge in [-0.15, -0.1) is 0 Å². The number of hydrogen-bond acceptors (Lipinski definition) is 3. The van der Waals surface area contributed by atoms with Crippen LogP contribution in [0.5, 0.6) is 0 Å². The Balaban J connectivity index is 4.97. The highest BCUT2D eigenvalue weighted by Crippen LogP contribution is 2.29. The van der Waals surface area contributed by atoms with E-state index in [0.29, 0.717) is 25.3 Å². The predicted molar refractivity (Wildman–Crippen MR) is 78.1 cm³/mol. The number of nitrogens with one attached hydrogen (secondary N) is 1. The second-order valence-corrected chi connectivity index (χ2v) is 6.10. The average Bonchev–Trinajstić information content (AvgIpc) is 2.37. The van der Waals surface area contributed by atoms with E-state index in [1.54, 1.807) is 0 Å². The maximum Gasteiger partial charge on any atom is 0.233 e. The lowest BCUT2D eigenvalue weighted by molar-refractivity contribution is -0.128. The van der Waals surface area contributed by atoms with E-state index in [9.17, 15) is 4.79 Å². The van der Waals surface area contributed by atoms with Gasteiger partial charge in [0.15, 0.2) is 5.84 Å². The predicted octanol–water partition coefficient (Wildman–Crippen LogP) is 2.34. The monoisotopic (exact) mass is 271 g/mol. The zero-order chi connectivity index (χ0) is 15.3. The van der Waals surface area contributed by atoms with Gasteiger partial charge in [0.25, 0.3) is 0 Å². The summed E-state index contributed by atoms with van der Waals surface area (Å²) in [6, 6.07) is 0. The molecule has 0 saturated carbocycles. The van der Waals surface area contributed by atoms with Gasteiger partial charge in [0.05, 0.1) is 0 Å². The summed E-state index contributed by atoms with van der Waals surface area (Å²) in [6.45, 7) is 12.8. The number of carbonyl (C=O) groups is 1. The third-order valence-corrected chi connectivity index (χ3v) is 4.51. The van der Waals surface area contributed by atoms with Crippen molar-refractivity contribution >= 4 is 11.7 Å². The molecular formula is C14H29N3O2. The summed E-state index contributed by atoms with van der Waals surface area (Å²) in [6.07, 6.45) is 1.01. The van der Waals surface area contributed by atoms with Crippen molar-refractivity contribution in [1.29, 1.82) is 0 Å². The van der Waals surface area contributed by atoms with Crippen LogP contribution in [-0.2, 0) is 4.79 Å². The average molecular weight is 271 g/mol. The Morgan fingerprint density at radius 2 is 1.79 bits per heavy atom. The minimum atomic E-state index is -0.915. The number of amidine groups is 1. The van der Waals surface area contributed by atoms with Gasteiger partial charge in [-0.1, -0.05) is 46.7 Å². The Bertz CT molecular complexity index is 332. The topological polar surface area (TPSA) is 87.7 Å². The summed E-state index contributed by atoms with van der Waals surface area (Å²) >= 11 is 0. The van der Waals surface area contributed by atoms with E-state index in [2.05, 4.69) is 38.2 Å². The molecule has 5 heteroatoms. The van der Waals surface area contributed by atoms with E-state index in [-0.39, 0.29) is 17.2 Å². The molecule has 0 heterocycles. The van der Waals surface area contributed by atoms with Crippen LogP contribution in [0.1, 0.15) is 54.4 Å². The van der Waals surface area contributed by atoms with E-state index >= 15 is 0 Å². The number of rotatable bonds is 7. The molecule has 0 aliphatic rings. The number of carbonyl (C=O) groups excluding carboxylic acids is 1. The van der Waals surface area contributed by atoms with Crippen molar-refractivity contribution < 1.29 is 10.0 Å². The van der Waals surface area contributed by atoms with E-state index in [1.165, 1.54) is 0 Å². The van der Waals surface area contributed by atoms with Gasteiger partial charge in [-0.3, -0.25) is 4.79 Å². The van der Waals surface area contributed by atoms with Crippen LogP contribution in [0.4, 0.5) is 0 Å². The molecule has 0 rings (SSSR count). The zero-order valence-corrected chi connectivity index (χ0v) is 13.1. The normalized spacial score (nSPS) is 13.7. The SMILES string of the molecule is CCC(CC)(C(=O)NCC(C)(C)C(C)C)C(N)=NO. The number of oxime groups is 1. The van der Waals surface area contributed by atoms with Crippen LogP contribution in [0.2, 0.25) is 0 Å². The molecule has 112 valence electrons. The van der Waals surface area contributed by atoms with Crippen molar-refractivity contribution in [2.75, 3.05) is 6.54 Å². The maximum absolute atomic E-state index is 12.4. The third-order valence-electron chi connectivity index (χ3n) is 4.51. The van der Waals surface area contributed by atoms with Gasteiger partial charge in [-0.2, -0.15) is 0 Å². The number of nitrogens with zero attached hydrogens (tertiary/aromatic N) is 1. The van der Waals surface area contributed by atoms with Crippen LogP contribution in [0, 0.1) is 16.7 Å². The molecule has 0 fully saturated rings. The molecule has 19 heavy (non-hydrogen) atoms. The summed E-state index contributed by atoms with van der Waals surface area (Å²) in [5.74, 6) is 0.271. The molecule has 0 aromatic heterocycles. The molecule has 0 aromatic rings. The molecule has 0 unspecified atom stereocenters. The molecule has 0 spiro atoms. The molecule has 5 nitrogen and oxygen atoms in total. The molecule has 0 radical (unpaired) electrons. The van der Waals surface area contributed by atoms with Crippen molar-refractivity contribution in [3.8, 4) is 0 Å². The molecule has 0 saturated heterocycles. The Hall–Kier alpha value is -1.26. The first kappa shape index (κ1) is 17.7. The maximum atomic E-state index is 12.4. The molecule has 0 bridgehead atoms. The van der Waals surface area contributed by atoms with Crippen molar-refractivity contribution in [2.24, 2.45) is 27.6 Å². The molecule has 0 aliphatic carbocycles. The van der Waals surface area contributed by atoms with E-state index in [4.69, 9.17) is 10.9 Å². The summed E-state index contributed by atoms with van der Waals surface area (Å²) in [5, 5.41) is 14.9. The Morgan fingerprint density at radius 3 is 2.11 bits per heavy atom. The molecule has 0 aromatic carbocycles. The molecule has 0 aliphatic heterocycles. The summed E-state index contributed by atoms with van der Waals surface area (Å²) in [5.41, 5.74) is 4.81. The third kappa shape index (κ3) is 3.85. The van der Waals surface area contributed by atoms with Crippen LogP contribution in [0.3, 0.4) is 0 Å². The van der Waals surface area contributed by atoms with E-state index < -0.39 is 5.41 Å². The molecular weight excluding hydrogens is 242 g/mol. The first-order valence-corrected chi connectivity index (χ1v) is 6.94. The van der Waals surface area contributed by atoms with Gasteiger partial charge >= 0.3 is 0 Å². The summed E-state index contributed by atoms with van der Waals surface area (Å²) in [7, 11) is 0. The smallest absolute Gasteiger partial charge is 0.233 e. The van der Waals surface area contributed by atoms with Crippen LogP contribution in [0.25, 0.3) is 0 Å². The second kappa shape index (κ2) is 6.78. The van der Waals surface area contributed by atoms with Crippen molar-refractivity contribution in [3.63, 3.8) is 0 Å². The largest absolute Gasteiger partial charge is 0.409 e. The van der Waals surface area contributed by atoms with Gasteiger partial charge in [0.2, 0.25) is 5.91 Å². The summed E-state index contributed by atoms with van der Waals surface area (Å²) < 4.78 is 0. The first-order chi connectivity index (χ1) is 8.67. The van der Waals surface area contributed by atoms with E-state index in [0.717, 1.165) is 0 Å². The van der Waals surface area contributed by atoms with Crippen molar-refractivity contribution in [3.05, 3.63) is 0 Å². The van der Waals surface area contributed by atoms with Crippen molar-refractivity contribution in [2.45, 2.75) is 54.4 Å². The van der Waals surface area contributed by atoms with E-state index in [1.807, 2.05) is 13.8 Å². The highest BCUT2D eigenvalue weighted by molar-refractivity contribution is 6.06. The fourth-order valence-electron chi connectivity index (χ4n) is 1.83. The van der Waals surface area contributed by atoms with Crippen LogP contribution >= 0.6 is 0 Å². The summed E-state index contributed by atoms with van der Waals surface area (Å²) in [4.78, 5) is 12.4. The molecule has 4 N–H and O–H groups in total. The lowest BCUT2D eigenvalue weighted by Gasteiger charge is -2.33. The number of amides is 1. The van der Waals surface area contributed by atoms with Crippen LogP contribution < -0.4 is 11.1 Å². The highest BCUT2D eigenvalue weighted by Gasteiger charge is 2.40.